The highest BCUT2D eigenvalue weighted by atomic mass is 19.3. The van der Waals surface area contributed by atoms with Gasteiger partial charge in [0, 0.05) is 7.11 Å². The van der Waals surface area contributed by atoms with E-state index in [1.165, 1.54) is 7.11 Å². The van der Waals surface area contributed by atoms with Crippen LogP contribution in [0.1, 0.15) is 16.2 Å². The molecule has 7 nitrogen and oxygen atoms in total. The number of aliphatic hydroxyl groups is 1. The number of aromatic carboxylic acids is 1. The molecule has 0 aliphatic rings. The third-order valence-electron chi connectivity index (χ3n) is 1.93. The van der Waals surface area contributed by atoms with Crippen LogP contribution in [-0.2, 0) is 17.9 Å². The number of ether oxygens (including phenoxy) is 1. The summed E-state index contributed by atoms with van der Waals surface area (Å²) in [6.07, 6.45) is 0. The Morgan fingerprint density at radius 1 is 1.59 bits per heavy atom. The monoisotopic (exact) mass is 251 g/mol. The van der Waals surface area contributed by atoms with Gasteiger partial charge in [0.05, 0.1) is 12.3 Å². The smallest absolute Gasteiger partial charge is 0.358 e. The second kappa shape index (κ2) is 5.15. The minimum Gasteiger partial charge on any atom is -0.476 e. The quantitative estimate of drug-likeness (QED) is 0.723. The molecular formula is C8H11F2N3O4. The Morgan fingerprint density at radius 2 is 2.24 bits per heavy atom. The lowest BCUT2D eigenvalue weighted by atomic mass is 10.3. The van der Waals surface area contributed by atoms with E-state index >= 15 is 0 Å². The molecule has 0 aliphatic heterocycles. The maximum absolute atomic E-state index is 12.9. The first-order valence-electron chi connectivity index (χ1n) is 4.54. The van der Waals surface area contributed by atoms with Crippen LogP contribution in [0.4, 0.5) is 8.78 Å². The summed E-state index contributed by atoms with van der Waals surface area (Å²) in [5, 5.41) is 23.8. The molecule has 0 amide bonds. The standard InChI is InChI=1S/C8H11F2N3O4/c1-17-2-5-6(7(15)16)11-12-13(5)3-8(9,10)4-14/h14H,2-4H2,1H3,(H,15,16). The molecule has 0 saturated carbocycles. The van der Waals surface area contributed by atoms with Crippen LogP contribution >= 0.6 is 0 Å². The molecule has 0 spiro atoms. The number of hydrogen-bond donors (Lipinski definition) is 2. The molecule has 0 aliphatic carbocycles. The van der Waals surface area contributed by atoms with Crippen LogP contribution in [0, 0.1) is 0 Å². The fraction of sp³-hybridized carbons (Fsp3) is 0.625. The highest BCUT2D eigenvalue weighted by Crippen LogP contribution is 2.17. The maximum Gasteiger partial charge on any atom is 0.358 e. The summed E-state index contributed by atoms with van der Waals surface area (Å²) in [5.41, 5.74) is -0.520. The van der Waals surface area contributed by atoms with Gasteiger partial charge in [0.15, 0.2) is 5.69 Å². The SMILES string of the molecule is COCc1c(C(=O)O)nnn1CC(F)(F)CO. The number of methoxy groups -OCH3 is 1. The van der Waals surface area contributed by atoms with Crippen LogP contribution in [0.3, 0.4) is 0 Å². The van der Waals surface area contributed by atoms with Gasteiger partial charge in [-0.05, 0) is 0 Å². The van der Waals surface area contributed by atoms with Gasteiger partial charge < -0.3 is 14.9 Å². The number of aliphatic hydroxyl groups excluding tert-OH is 1. The third-order valence-corrected chi connectivity index (χ3v) is 1.93. The highest BCUT2D eigenvalue weighted by molar-refractivity contribution is 5.86. The Balaban J connectivity index is 3.03. The molecule has 0 saturated heterocycles. The van der Waals surface area contributed by atoms with E-state index in [0.29, 0.717) is 4.68 Å². The molecule has 1 aromatic heterocycles. The van der Waals surface area contributed by atoms with E-state index in [4.69, 9.17) is 14.9 Å². The normalized spacial score (nSPS) is 11.8. The molecule has 0 bridgehead atoms. The molecule has 9 heteroatoms. The predicted molar refractivity (Wildman–Crippen MR) is 49.7 cm³/mol. The van der Waals surface area contributed by atoms with E-state index in [2.05, 4.69) is 10.3 Å². The van der Waals surface area contributed by atoms with Crippen molar-refractivity contribution in [2.45, 2.75) is 19.1 Å². The minimum absolute atomic E-state index is 0.0758. The lowest BCUT2D eigenvalue weighted by Crippen LogP contribution is -2.29. The van der Waals surface area contributed by atoms with E-state index in [1.807, 2.05) is 0 Å². The zero-order valence-electron chi connectivity index (χ0n) is 8.93. The van der Waals surface area contributed by atoms with Crippen molar-refractivity contribution >= 4 is 5.97 Å². The van der Waals surface area contributed by atoms with Gasteiger partial charge in [0.25, 0.3) is 5.92 Å². The summed E-state index contributed by atoms with van der Waals surface area (Å²) < 4.78 is 31.3. The second-order valence-electron chi connectivity index (χ2n) is 3.29. The molecule has 1 rings (SSSR count). The number of aromatic nitrogens is 3. The van der Waals surface area contributed by atoms with Crippen LogP contribution in [0.5, 0.6) is 0 Å². The van der Waals surface area contributed by atoms with Crippen molar-refractivity contribution < 1.29 is 28.5 Å². The summed E-state index contributed by atoms with van der Waals surface area (Å²) in [5.74, 6) is -4.78. The molecule has 0 atom stereocenters. The van der Waals surface area contributed by atoms with E-state index in [9.17, 15) is 13.6 Å². The summed E-state index contributed by atoms with van der Waals surface area (Å²) in [6.45, 7) is -2.53. The van der Waals surface area contributed by atoms with Crippen molar-refractivity contribution in [3.05, 3.63) is 11.4 Å². The summed E-state index contributed by atoms with van der Waals surface area (Å²) in [6, 6.07) is 0. The Bertz CT molecular complexity index is 407. The number of carboxylic acid groups (broad SMARTS) is 1. The first kappa shape index (κ1) is 13.5. The van der Waals surface area contributed by atoms with Gasteiger partial charge in [0.2, 0.25) is 0 Å². The van der Waals surface area contributed by atoms with Gasteiger partial charge in [-0.2, -0.15) is 0 Å². The van der Waals surface area contributed by atoms with Crippen molar-refractivity contribution in [3.63, 3.8) is 0 Å². The highest BCUT2D eigenvalue weighted by Gasteiger charge is 2.31. The molecular weight excluding hydrogens is 240 g/mol. The van der Waals surface area contributed by atoms with Crippen LogP contribution in [0.15, 0.2) is 0 Å². The van der Waals surface area contributed by atoms with Crippen molar-refractivity contribution in [1.82, 2.24) is 15.0 Å². The summed E-state index contributed by atoms with van der Waals surface area (Å²) >= 11 is 0. The van der Waals surface area contributed by atoms with Gasteiger partial charge in [-0.25, -0.2) is 18.3 Å². The van der Waals surface area contributed by atoms with Crippen molar-refractivity contribution in [3.8, 4) is 0 Å². The molecule has 1 heterocycles. The molecule has 1 aromatic rings. The number of carboxylic acids is 1. The van der Waals surface area contributed by atoms with Gasteiger partial charge in [-0.1, -0.05) is 5.21 Å². The average Bonchev–Trinajstić information content (AvgIpc) is 2.62. The fourth-order valence-electron chi connectivity index (χ4n) is 1.17. The zero-order chi connectivity index (χ0) is 13.1. The minimum atomic E-state index is -3.40. The lowest BCUT2D eigenvalue weighted by molar-refractivity contribution is -0.0666. The number of alkyl halides is 2. The van der Waals surface area contributed by atoms with Crippen LogP contribution in [0.2, 0.25) is 0 Å². The molecule has 0 fully saturated rings. The number of rotatable bonds is 6. The van der Waals surface area contributed by atoms with Crippen molar-refractivity contribution in [2.24, 2.45) is 0 Å². The van der Waals surface area contributed by atoms with Gasteiger partial charge in [0.1, 0.15) is 13.2 Å². The van der Waals surface area contributed by atoms with Crippen molar-refractivity contribution in [2.75, 3.05) is 13.7 Å². The van der Waals surface area contributed by atoms with Crippen LogP contribution in [-0.4, -0.2) is 50.8 Å². The molecule has 2 N–H and O–H groups in total. The van der Waals surface area contributed by atoms with Gasteiger partial charge in [-0.15, -0.1) is 5.10 Å². The molecule has 0 radical (unpaired) electrons. The first-order chi connectivity index (χ1) is 7.91. The number of hydrogen-bond acceptors (Lipinski definition) is 5. The lowest BCUT2D eigenvalue weighted by Gasteiger charge is -2.14. The van der Waals surface area contributed by atoms with Crippen LogP contribution < -0.4 is 0 Å². The summed E-state index contributed by atoms with van der Waals surface area (Å²) in [4.78, 5) is 10.7. The molecule has 96 valence electrons. The molecule has 17 heavy (non-hydrogen) atoms. The largest absolute Gasteiger partial charge is 0.476 e. The Morgan fingerprint density at radius 3 is 2.71 bits per heavy atom. The predicted octanol–water partition coefficient (Wildman–Crippen LogP) is -0.250. The Kier molecular flexibility index (Phi) is 4.07. The van der Waals surface area contributed by atoms with Crippen LogP contribution in [0.25, 0.3) is 0 Å². The fourth-order valence-corrected chi connectivity index (χ4v) is 1.17. The third kappa shape index (κ3) is 3.17. The Hall–Kier alpha value is -1.61. The zero-order valence-corrected chi connectivity index (χ0v) is 8.93. The second-order valence-corrected chi connectivity index (χ2v) is 3.29. The van der Waals surface area contributed by atoms with E-state index in [-0.39, 0.29) is 12.3 Å². The molecule has 0 unspecified atom stereocenters. The van der Waals surface area contributed by atoms with E-state index in [1.54, 1.807) is 0 Å². The number of halogens is 2. The topological polar surface area (TPSA) is 97.5 Å². The average molecular weight is 251 g/mol. The summed E-state index contributed by atoms with van der Waals surface area (Å²) in [7, 11) is 1.28. The Labute approximate surface area is 94.6 Å². The maximum atomic E-state index is 12.9. The van der Waals surface area contributed by atoms with E-state index < -0.39 is 30.7 Å². The first-order valence-corrected chi connectivity index (χ1v) is 4.54. The van der Waals surface area contributed by atoms with E-state index in [0.717, 1.165) is 0 Å². The van der Waals surface area contributed by atoms with Gasteiger partial charge in [-0.3, -0.25) is 0 Å². The number of nitrogens with zero attached hydrogens (tertiary/aromatic N) is 3. The van der Waals surface area contributed by atoms with Crippen molar-refractivity contribution in [1.29, 1.82) is 0 Å². The number of carbonyl (C=O) groups is 1. The van der Waals surface area contributed by atoms with Gasteiger partial charge >= 0.3 is 5.97 Å². The molecule has 0 aromatic carbocycles.